The van der Waals surface area contributed by atoms with Crippen LogP contribution in [0, 0.1) is 0 Å². The van der Waals surface area contributed by atoms with Gasteiger partial charge in [0.05, 0.1) is 0 Å². The first-order valence-corrected chi connectivity index (χ1v) is 6.53. The monoisotopic (exact) mass is 284 g/mol. The molecule has 0 atom stereocenters. The highest BCUT2D eigenvalue weighted by Crippen LogP contribution is 2.47. The number of phosphoric acid groups is 1. The highest BCUT2D eigenvalue weighted by Gasteiger charge is 2.25. The first-order valence-electron chi connectivity index (χ1n) is 5.07. The van der Waals surface area contributed by atoms with E-state index >= 15 is 0 Å². The van der Waals surface area contributed by atoms with E-state index in [0.717, 1.165) is 21.1 Å². The number of hydrogen-bond acceptors (Lipinski definition) is 7. The number of carbonyl (C=O) groups is 2. The maximum absolute atomic E-state index is 10.9. The lowest BCUT2D eigenvalue weighted by Gasteiger charge is -2.17. The smallest absolute Gasteiger partial charge is 0.460 e. The normalized spacial score (nSPS) is 11.1. The van der Waals surface area contributed by atoms with Crippen molar-refractivity contribution in [2.45, 2.75) is 40.2 Å². The molecule has 18 heavy (non-hydrogen) atoms. The molecule has 0 aliphatic rings. The lowest BCUT2D eigenvalue weighted by Crippen LogP contribution is -2.21. The standard InChI is InChI=1S/C6H12O2.C4H9O5P/c1-5(7)8-6(2,3)4;1-4(5)9-10(6,7-2)8-3/h1-4H3;1-3H3. The second kappa shape index (κ2) is 8.24. The number of hydrogen-bond donors (Lipinski definition) is 0. The van der Waals surface area contributed by atoms with Gasteiger partial charge in [-0.3, -0.25) is 18.6 Å². The van der Waals surface area contributed by atoms with Crippen LogP contribution in [0.15, 0.2) is 0 Å². The third-order valence-corrected chi connectivity index (χ3v) is 2.51. The third-order valence-electron chi connectivity index (χ3n) is 1.14. The van der Waals surface area contributed by atoms with Gasteiger partial charge in [0.1, 0.15) is 5.60 Å². The van der Waals surface area contributed by atoms with Crippen LogP contribution < -0.4 is 0 Å². The Morgan fingerprint density at radius 3 is 1.39 bits per heavy atom. The molecule has 7 nitrogen and oxygen atoms in total. The molecular weight excluding hydrogens is 263 g/mol. The Labute approximate surface area is 107 Å². The van der Waals surface area contributed by atoms with Gasteiger partial charge in [0.15, 0.2) is 0 Å². The summed E-state index contributed by atoms with van der Waals surface area (Å²) in [7, 11) is -1.32. The van der Waals surface area contributed by atoms with Crippen molar-refractivity contribution in [1.82, 2.24) is 0 Å². The number of esters is 1. The van der Waals surface area contributed by atoms with Crippen molar-refractivity contribution in [3.63, 3.8) is 0 Å². The molecule has 0 aromatic carbocycles. The second-order valence-corrected chi connectivity index (χ2v) is 5.91. The molecular formula is C10H21O7P. The van der Waals surface area contributed by atoms with Gasteiger partial charge < -0.3 is 9.26 Å². The van der Waals surface area contributed by atoms with Crippen LogP contribution in [0.25, 0.3) is 0 Å². The first kappa shape index (κ1) is 19.4. The van der Waals surface area contributed by atoms with E-state index in [0.29, 0.717) is 0 Å². The topological polar surface area (TPSA) is 88.1 Å². The Hall–Kier alpha value is -0.910. The number of rotatable bonds is 3. The van der Waals surface area contributed by atoms with Crippen LogP contribution in [-0.2, 0) is 32.5 Å². The van der Waals surface area contributed by atoms with Gasteiger partial charge in [-0.2, -0.15) is 0 Å². The molecule has 0 aliphatic heterocycles. The molecule has 0 rings (SSSR count). The van der Waals surface area contributed by atoms with Crippen molar-refractivity contribution in [3.8, 4) is 0 Å². The quantitative estimate of drug-likeness (QED) is 0.580. The van der Waals surface area contributed by atoms with Gasteiger partial charge in [-0.15, -0.1) is 0 Å². The SMILES string of the molecule is CC(=O)OC(C)(C)C.COP(=O)(OC)OC(C)=O. The average molecular weight is 284 g/mol. The van der Waals surface area contributed by atoms with E-state index < -0.39 is 13.8 Å². The molecule has 0 fully saturated rings. The van der Waals surface area contributed by atoms with Crippen molar-refractivity contribution < 1.29 is 32.5 Å². The molecule has 0 aromatic heterocycles. The fourth-order valence-electron chi connectivity index (χ4n) is 0.738. The molecule has 0 saturated carbocycles. The van der Waals surface area contributed by atoms with Crippen LogP contribution in [0.4, 0.5) is 0 Å². The first-order chi connectivity index (χ1) is 7.95. The van der Waals surface area contributed by atoms with Crippen LogP contribution in [0.2, 0.25) is 0 Å². The molecule has 0 heterocycles. The summed E-state index contributed by atoms with van der Waals surface area (Å²) in [6.07, 6.45) is 0. The van der Waals surface area contributed by atoms with Gasteiger partial charge in [0.25, 0.3) is 0 Å². The Morgan fingerprint density at radius 1 is 0.944 bits per heavy atom. The van der Waals surface area contributed by atoms with E-state index in [2.05, 4.69) is 13.6 Å². The van der Waals surface area contributed by atoms with Gasteiger partial charge in [-0.25, -0.2) is 4.57 Å². The Balaban J connectivity index is 0. The van der Waals surface area contributed by atoms with Gasteiger partial charge in [-0.05, 0) is 20.8 Å². The highest BCUT2D eigenvalue weighted by atomic mass is 31.2. The van der Waals surface area contributed by atoms with Crippen LogP contribution in [0.1, 0.15) is 34.6 Å². The third kappa shape index (κ3) is 13.2. The highest BCUT2D eigenvalue weighted by molar-refractivity contribution is 7.49. The van der Waals surface area contributed by atoms with E-state index in [1.165, 1.54) is 6.92 Å². The fraction of sp³-hybridized carbons (Fsp3) is 0.800. The molecule has 0 spiro atoms. The van der Waals surface area contributed by atoms with Gasteiger partial charge in [0.2, 0.25) is 0 Å². The van der Waals surface area contributed by atoms with Crippen molar-refractivity contribution in [1.29, 1.82) is 0 Å². The molecule has 108 valence electrons. The Kier molecular flexibility index (Phi) is 8.89. The minimum Gasteiger partial charge on any atom is -0.460 e. The van der Waals surface area contributed by atoms with Crippen LogP contribution in [0.5, 0.6) is 0 Å². The van der Waals surface area contributed by atoms with E-state index in [4.69, 9.17) is 4.74 Å². The van der Waals surface area contributed by atoms with E-state index in [1.807, 2.05) is 20.8 Å². The summed E-state index contributed by atoms with van der Waals surface area (Å²) in [4.78, 5) is 20.5. The largest absolute Gasteiger partial charge is 0.531 e. The summed E-state index contributed by atoms with van der Waals surface area (Å²) in [6, 6.07) is 0. The summed E-state index contributed by atoms with van der Waals surface area (Å²) in [5, 5.41) is 0. The minimum atomic E-state index is -3.59. The summed E-state index contributed by atoms with van der Waals surface area (Å²) in [5.74, 6) is -0.926. The molecule has 0 unspecified atom stereocenters. The summed E-state index contributed by atoms with van der Waals surface area (Å²) < 4.78 is 28.5. The molecule has 0 saturated heterocycles. The number of carbonyl (C=O) groups excluding carboxylic acids is 2. The fourth-order valence-corrected chi connectivity index (χ4v) is 1.35. The summed E-state index contributed by atoms with van der Waals surface area (Å²) in [6.45, 7) is 8.05. The lowest BCUT2D eigenvalue weighted by atomic mass is 10.2. The second-order valence-electron chi connectivity index (χ2n) is 4.10. The maximum atomic E-state index is 10.9. The molecule has 0 bridgehead atoms. The molecule has 0 aliphatic carbocycles. The van der Waals surface area contributed by atoms with Crippen molar-refractivity contribution in [2.24, 2.45) is 0 Å². The number of phosphoric ester groups is 1. The van der Waals surface area contributed by atoms with E-state index in [9.17, 15) is 14.2 Å². The van der Waals surface area contributed by atoms with Crippen molar-refractivity contribution in [2.75, 3.05) is 14.2 Å². The lowest BCUT2D eigenvalue weighted by molar-refractivity contribution is -0.151. The predicted octanol–water partition coefficient (Wildman–Crippen LogP) is 2.30. The Morgan fingerprint density at radius 2 is 1.33 bits per heavy atom. The van der Waals surface area contributed by atoms with Gasteiger partial charge in [0, 0.05) is 28.1 Å². The molecule has 0 aromatic rings. The average Bonchev–Trinajstić information content (AvgIpc) is 2.13. The maximum Gasteiger partial charge on any atom is 0.531 e. The molecule has 0 amide bonds. The summed E-state index contributed by atoms with van der Waals surface area (Å²) >= 11 is 0. The van der Waals surface area contributed by atoms with Crippen LogP contribution >= 0.6 is 7.82 Å². The zero-order valence-corrected chi connectivity index (χ0v) is 12.7. The molecule has 0 N–H and O–H groups in total. The minimum absolute atomic E-state index is 0.225. The Bertz CT molecular complexity index is 311. The molecule has 8 heteroatoms. The van der Waals surface area contributed by atoms with Crippen LogP contribution in [0.3, 0.4) is 0 Å². The predicted molar refractivity (Wildman–Crippen MR) is 64.9 cm³/mol. The summed E-state index contributed by atoms with van der Waals surface area (Å²) in [5.41, 5.74) is -0.328. The van der Waals surface area contributed by atoms with E-state index in [1.54, 1.807) is 0 Å². The van der Waals surface area contributed by atoms with Crippen molar-refractivity contribution >= 4 is 19.8 Å². The molecule has 0 radical (unpaired) electrons. The van der Waals surface area contributed by atoms with Gasteiger partial charge >= 0.3 is 19.8 Å². The number of ether oxygens (including phenoxy) is 1. The van der Waals surface area contributed by atoms with Crippen molar-refractivity contribution in [3.05, 3.63) is 0 Å². The van der Waals surface area contributed by atoms with Gasteiger partial charge in [-0.1, -0.05) is 0 Å². The zero-order chi connectivity index (χ0) is 15.0. The zero-order valence-electron chi connectivity index (χ0n) is 11.8. The van der Waals surface area contributed by atoms with E-state index in [-0.39, 0.29) is 11.6 Å². The van der Waals surface area contributed by atoms with Crippen LogP contribution in [-0.4, -0.2) is 31.8 Å².